The average molecular weight is 373 g/mol. The Morgan fingerprint density at radius 2 is 1.92 bits per heavy atom. The Bertz CT molecular complexity index is 767. The van der Waals surface area contributed by atoms with Gasteiger partial charge in [0.05, 0.1) is 6.04 Å². The van der Waals surface area contributed by atoms with E-state index in [2.05, 4.69) is 0 Å². The zero-order chi connectivity index (χ0) is 18.5. The summed E-state index contributed by atoms with van der Waals surface area (Å²) in [6, 6.07) is 16.5. The van der Waals surface area contributed by atoms with Gasteiger partial charge in [0, 0.05) is 30.0 Å². The van der Waals surface area contributed by atoms with E-state index in [1.165, 1.54) is 4.31 Å². The number of rotatable bonds is 5. The first-order valence-corrected chi connectivity index (χ1v) is 9.48. The molecule has 1 heterocycles. The van der Waals surface area contributed by atoms with E-state index < -0.39 is 17.4 Å². The van der Waals surface area contributed by atoms with E-state index >= 15 is 0 Å². The molecule has 2 aromatic carbocycles. The molecule has 26 heavy (non-hydrogen) atoms. The summed E-state index contributed by atoms with van der Waals surface area (Å²) < 4.78 is 30.2. The topological polar surface area (TPSA) is 72.9 Å². The van der Waals surface area contributed by atoms with Gasteiger partial charge in [-0.1, -0.05) is 48.0 Å². The van der Waals surface area contributed by atoms with Gasteiger partial charge in [-0.3, -0.25) is 8.51 Å². The molecule has 1 aliphatic heterocycles. The summed E-state index contributed by atoms with van der Waals surface area (Å²) in [6.45, 7) is 2.94. The lowest BCUT2D eigenvalue weighted by Gasteiger charge is -2.32. The summed E-state index contributed by atoms with van der Waals surface area (Å²) in [4.78, 5) is 13.8. The number of amides is 1. The van der Waals surface area contributed by atoms with Crippen molar-refractivity contribution in [1.82, 2.24) is 4.90 Å². The third-order valence-electron chi connectivity index (χ3n) is 4.41. The quantitative estimate of drug-likeness (QED) is 0.755. The van der Waals surface area contributed by atoms with Crippen molar-refractivity contribution in [3.05, 3.63) is 65.7 Å². The number of hydrogen-bond acceptors (Lipinski definition) is 4. The molecule has 6 nitrogen and oxygen atoms in total. The highest BCUT2D eigenvalue weighted by Crippen LogP contribution is 2.25. The molecule has 0 bridgehead atoms. The van der Waals surface area contributed by atoms with Gasteiger partial charge in [-0.15, -0.1) is 0 Å². The predicted octanol–water partition coefficient (Wildman–Crippen LogP) is 3.01. The Labute approximate surface area is 155 Å². The molecule has 0 saturated carbocycles. The van der Waals surface area contributed by atoms with Gasteiger partial charge < -0.3 is 14.2 Å². The molecule has 2 unspecified atom stereocenters. The lowest BCUT2D eigenvalue weighted by molar-refractivity contribution is 0.104. The number of benzene rings is 2. The summed E-state index contributed by atoms with van der Waals surface area (Å²) in [7, 11) is 0. The Hall–Kier alpha value is -2.38. The van der Waals surface area contributed by atoms with Crippen molar-refractivity contribution in [2.45, 2.75) is 26.0 Å². The largest absolute Gasteiger partial charge is 0.755 e. The van der Waals surface area contributed by atoms with E-state index in [9.17, 15) is 13.6 Å². The highest BCUT2D eigenvalue weighted by molar-refractivity contribution is 7.80. The normalized spacial score (nSPS) is 17.8. The molecule has 0 aliphatic carbocycles. The van der Waals surface area contributed by atoms with E-state index in [0.29, 0.717) is 25.2 Å². The number of anilines is 1. The lowest BCUT2D eigenvalue weighted by Crippen LogP contribution is -2.40. The molecule has 3 rings (SSSR count). The molecule has 2 atom stereocenters. The molecule has 1 amide bonds. The maximum atomic E-state index is 12.3. The van der Waals surface area contributed by atoms with Gasteiger partial charge >= 0.3 is 6.09 Å². The van der Waals surface area contributed by atoms with Gasteiger partial charge in [0.2, 0.25) is 0 Å². The monoisotopic (exact) mass is 373 g/mol. The minimum atomic E-state index is -2.41. The SMILES string of the molecule is Cc1ccc(N(C2CCN(C(=O)OCc3ccccc3)C2)S(=O)[O-])cc1. The van der Waals surface area contributed by atoms with Crippen molar-refractivity contribution in [2.24, 2.45) is 0 Å². The summed E-state index contributed by atoms with van der Waals surface area (Å²) in [6.07, 6.45) is 0.152. The molecule has 2 aromatic rings. The molecule has 0 radical (unpaired) electrons. The first kappa shape index (κ1) is 18.4. The molecule has 1 fully saturated rings. The number of carbonyl (C=O) groups excluding carboxylic acids is 1. The van der Waals surface area contributed by atoms with Crippen LogP contribution in [0.15, 0.2) is 54.6 Å². The lowest BCUT2D eigenvalue weighted by atomic mass is 10.2. The fourth-order valence-electron chi connectivity index (χ4n) is 3.02. The highest BCUT2D eigenvalue weighted by Gasteiger charge is 2.32. The number of ether oxygens (including phenoxy) is 1. The third kappa shape index (κ3) is 4.42. The first-order valence-electron chi connectivity index (χ1n) is 8.45. The van der Waals surface area contributed by atoms with Crippen molar-refractivity contribution >= 4 is 23.0 Å². The van der Waals surface area contributed by atoms with Crippen LogP contribution < -0.4 is 4.31 Å². The van der Waals surface area contributed by atoms with Crippen LogP contribution in [0.4, 0.5) is 10.5 Å². The molecule has 1 saturated heterocycles. The molecule has 138 valence electrons. The number of likely N-dealkylation sites (tertiary alicyclic amines) is 1. The Balaban J connectivity index is 1.61. The standard InChI is InChI=1S/C19H22N2O4S/c1-15-7-9-17(10-8-15)21(26(23)24)18-11-12-20(13-18)19(22)25-14-16-5-3-2-4-6-16/h2-10,18H,11-14H2,1H3,(H,23,24)/p-1. The van der Waals surface area contributed by atoms with E-state index in [1.807, 2.05) is 49.4 Å². The van der Waals surface area contributed by atoms with Crippen LogP contribution in [0.25, 0.3) is 0 Å². The van der Waals surface area contributed by atoms with Gasteiger partial charge in [0.15, 0.2) is 0 Å². The second-order valence-corrected chi connectivity index (χ2v) is 7.13. The van der Waals surface area contributed by atoms with Crippen LogP contribution in [0.1, 0.15) is 17.5 Å². The fraction of sp³-hybridized carbons (Fsp3) is 0.316. The molecular weight excluding hydrogens is 352 g/mol. The smallest absolute Gasteiger partial charge is 0.410 e. The van der Waals surface area contributed by atoms with Crippen LogP contribution in [0.2, 0.25) is 0 Å². The van der Waals surface area contributed by atoms with Crippen molar-refractivity contribution in [2.75, 3.05) is 17.4 Å². The van der Waals surface area contributed by atoms with E-state index in [1.54, 1.807) is 17.0 Å². The van der Waals surface area contributed by atoms with E-state index in [-0.39, 0.29) is 12.6 Å². The number of nitrogens with zero attached hydrogens (tertiary/aromatic N) is 2. The molecule has 0 N–H and O–H groups in total. The summed E-state index contributed by atoms with van der Waals surface area (Å²) in [5.74, 6) is 0. The minimum Gasteiger partial charge on any atom is -0.755 e. The molecule has 1 aliphatic rings. The second kappa shape index (κ2) is 8.33. The number of hydrogen-bond donors (Lipinski definition) is 0. The molecular formula is C19H21N2O4S-. The van der Waals surface area contributed by atoms with Crippen LogP contribution >= 0.6 is 0 Å². The zero-order valence-corrected chi connectivity index (χ0v) is 15.4. The summed E-state index contributed by atoms with van der Waals surface area (Å²) in [5, 5.41) is 0. The third-order valence-corrected chi connectivity index (χ3v) is 5.24. The van der Waals surface area contributed by atoms with Crippen LogP contribution in [0.5, 0.6) is 0 Å². The zero-order valence-electron chi connectivity index (χ0n) is 14.5. The van der Waals surface area contributed by atoms with Gasteiger partial charge in [-0.25, -0.2) is 4.79 Å². The van der Waals surface area contributed by atoms with E-state index in [0.717, 1.165) is 11.1 Å². The molecule has 0 spiro atoms. The van der Waals surface area contributed by atoms with Crippen molar-refractivity contribution in [1.29, 1.82) is 0 Å². The van der Waals surface area contributed by atoms with Gasteiger partial charge in [0.25, 0.3) is 0 Å². The predicted molar refractivity (Wildman–Crippen MR) is 99.2 cm³/mol. The molecule has 0 aromatic heterocycles. The fourth-order valence-corrected chi connectivity index (χ4v) is 3.73. The Kier molecular flexibility index (Phi) is 5.90. The highest BCUT2D eigenvalue weighted by atomic mass is 32.2. The van der Waals surface area contributed by atoms with Crippen molar-refractivity contribution < 1.29 is 18.3 Å². The first-order chi connectivity index (χ1) is 12.5. The van der Waals surface area contributed by atoms with Crippen LogP contribution in [0, 0.1) is 6.92 Å². The average Bonchev–Trinajstić information content (AvgIpc) is 3.12. The minimum absolute atomic E-state index is 0.204. The van der Waals surface area contributed by atoms with Crippen molar-refractivity contribution in [3.63, 3.8) is 0 Å². The number of carbonyl (C=O) groups is 1. The molecule has 7 heteroatoms. The van der Waals surface area contributed by atoms with Gasteiger partial charge in [0.1, 0.15) is 6.61 Å². The van der Waals surface area contributed by atoms with Crippen molar-refractivity contribution in [3.8, 4) is 0 Å². The Morgan fingerprint density at radius 1 is 1.23 bits per heavy atom. The van der Waals surface area contributed by atoms with Gasteiger partial charge in [-0.2, -0.15) is 0 Å². The maximum absolute atomic E-state index is 12.3. The number of aryl methyl sites for hydroxylation is 1. The van der Waals surface area contributed by atoms with Crippen LogP contribution in [0.3, 0.4) is 0 Å². The van der Waals surface area contributed by atoms with Crippen LogP contribution in [-0.2, 0) is 22.6 Å². The summed E-state index contributed by atoms with van der Waals surface area (Å²) in [5.41, 5.74) is 2.58. The Morgan fingerprint density at radius 3 is 2.58 bits per heavy atom. The maximum Gasteiger partial charge on any atom is 0.410 e. The van der Waals surface area contributed by atoms with E-state index in [4.69, 9.17) is 4.74 Å². The van der Waals surface area contributed by atoms with Crippen LogP contribution in [-0.4, -0.2) is 38.9 Å². The second-order valence-electron chi connectivity index (χ2n) is 6.31. The van der Waals surface area contributed by atoms with Gasteiger partial charge in [-0.05, 0) is 31.0 Å². The summed E-state index contributed by atoms with van der Waals surface area (Å²) >= 11 is -2.41.